The van der Waals surface area contributed by atoms with E-state index in [4.69, 9.17) is 4.98 Å². The summed E-state index contributed by atoms with van der Waals surface area (Å²) in [6.07, 6.45) is 3.06. The van der Waals surface area contributed by atoms with Gasteiger partial charge < -0.3 is 0 Å². The molecule has 3 rings (SSSR count). The number of aromatic nitrogens is 2. The van der Waals surface area contributed by atoms with Crippen molar-refractivity contribution in [2.45, 2.75) is 72.3 Å². The molecule has 1 unspecified atom stereocenters. The molecule has 2 aromatic rings. The van der Waals surface area contributed by atoms with Crippen molar-refractivity contribution in [3.05, 3.63) is 59.1 Å². The molecule has 2 nitrogen and oxygen atoms in total. The van der Waals surface area contributed by atoms with E-state index in [1.165, 1.54) is 33.5 Å². The Balaban J connectivity index is 2.41. The van der Waals surface area contributed by atoms with E-state index in [9.17, 15) is 0 Å². The highest BCUT2D eigenvalue weighted by Crippen LogP contribution is 2.44. The lowest BCUT2D eigenvalue weighted by molar-refractivity contribution is -0.681. The van der Waals surface area contributed by atoms with Crippen LogP contribution < -0.4 is 4.57 Å². The fourth-order valence-corrected chi connectivity index (χ4v) is 4.10. The maximum atomic E-state index is 4.75. The molecule has 1 aromatic heterocycles. The average molecular weight is 336 g/mol. The second-order valence-corrected chi connectivity index (χ2v) is 8.83. The monoisotopic (exact) mass is 335 g/mol. The minimum absolute atomic E-state index is 0.0129. The van der Waals surface area contributed by atoms with Gasteiger partial charge in [-0.25, -0.2) is 4.57 Å². The molecule has 1 aliphatic heterocycles. The molecule has 25 heavy (non-hydrogen) atoms. The van der Waals surface area contributed by atoms with E-state index < -0.39 is 0 Å². The predicted octanol–water partition coefficient (Wildman–Crippen LogP) is 5.19. The third-order valence-electron chi connectivity index (χ3n) is 5.84. The Morgan fingerprint density at radius 2 is 1.88 bits per heavy atom. The number of benzene rings is 1. The molecule has 0 amide bonds. The number of fused-ring (bicyclic) bond motifs is 3. The molecule has 1 atom stereocenters. The third-order valence-corrected chi connectivity index (χ3v) is 5.84. The Morgan fingerprint density at radius 3 is 2.48 bits per heavy atom. The molecule has 0 spiro atoms. The lowest BCUT2D eigenvalue weighted by Crippen LogP contribution is -2.39. The van der Waals surface area contributed by atoms with Crippen molar-refractivity contribution in [2.75, 3.05) is 0 Å². The van der Waals surface area contributed by atoms with Crippen LogP contribution in [-0.4, -0.2) is 4.98 Å². The summed E-state index contributed by atoms with van der Waals surface area (Å²) >= 11 is 0. The first kappa shape index (κ1) is 17.8. The number of hydrogen-bond acceptors (Lipinski definition) is 1. The molecule has 1 aromatic carbocycles. The van der Waals surface area contributed by atoms with Crippen LogP contribution in [0, 0.1) is 13.8 Å². The predicted molar refractivity (Wildman–Crippen MR) is 105 cm³/mol. The van der Waals surface area contributed by atoms with Crippen LogP contribution >= 0.6 is 0 Å². The van der Waals surface area contributed by atoms with Gasteiger partial charge in [-0.1, -0.05) is 57.8 Å². The summed E-state index contributed by atoms with van der Waals surface area (Å²) in [5.41, 5.74) is 9.13. The largest absolute Gasteiger partial charge is 0.287 e. The van der Waals surface area contributed by atoms with Crippen molar-refractivity contribution in [2.24, 2.45) is 0 Å². The quantitative estimate of drug-likeness (QED) is 0.518. The van der Waals surface area contributed by atoms with Gasteiger partial charge in [-0.2, -0.15) is 0 Å². The van der Waals surface area contributed by atoms with Crippen molar-refractivity contribution in [3.8, 4) is 11.3 Å². The highest BCUT2D eigenvalue weighted by Gasteiger charge is 2.38. The molecule has 0 radical (unpaired) electrons. The van der Waals surface area contributed by atoms with Gasteiger partial charge >= 0.3 is 0 Å². The van der Waals surface area contributed by atoms with Crippen LogP contribution in [0.3, 0.4) is 0 Å². The van der Waals surface area contributed by atoms with Crippen molar-refractivity contribution >= 4 is 0 Å². The molecular formula is C23H31N2+. The van der Waals surface area contributed by atoms with Crippen molar-refractivity contribution < 1.29 is 4.57 Å². The zero-order valence-corrected chi connectivity index (χ0v) is 16.8. The van der Waals surface area contributed by atoms with Crippen molar-refractivity contribution in [1.82, 2.24) is 4.98 Å². The summed E-state index contributed by atoms with van der Waals surface area (Å²) in [4.78, 5) is 4.75. The minimum atomic E-state index is -0.0129. The number of rotatable bonds is 1. The Bertz CT molecular complexity index is 855. The van der Waals surface area contributed by atoms with Gasteiger partial charge in [-0.15, -0.1) is 0 Å². The maximum absolute atomic E-state index is 4.75. The molecule has 2 heterocycles. The molecule has 0 saturated heterocycles. The lowest BCUT2D eigenvalue weighted by atomic mass is 9.71. The second-order valence-electron chi connectivity index (χ2n) is 8.83. The topological polar surface area (TPSA) is 16.8 Å². The zero-order chi connectivity index (χ0) is 18.6. The highest BCUT2D eigenvalue weighted by molar-refractivity contribution is 5.69. The SMILES string of the molecule is C=C1C[n+]2cnc(C(C)(C)C)cc2-c2cc(C)cc(C)c2C1(C)CC. The molecule has 0 fully saturated rings. The first-order chi connectivity index (χ1) is 11.6. The summed E-state index contributed by atoms with van der Waals surface area (Å²) in [5.74, 6) is 0. The third kappa shape index (κ3) is 2.82. The van der Waals surface area contributed by atoms with Gasteiger partial charge in [0.1, 0.15) is 12.2 Å². The van der Waals surface area contributed by atoms with Crippen LogP contribution in [0.2, 0.25) is 0 Å². The molecule has 1 aliphatic rings. The first-order valence-electron chi connectivity index (χ1n) is 9.28. The smallest absolute Gasteiger partial charge is 0.226 e. The van der Waals surface area contributed by atoms with Gasteiger partial charge in [-0.3, -0.25) is 0 Å². The Kier molecular flexibility index (Phi) is 4.14. The molecule has 132 valence electrons. The lowest BCUT2D eigenvalue weighted by Gasteiger charge is -2.32. The van der Waals surface area contributed by atoms with Crippen LogP contribution in [0.25, 0.3) is 11.3 Å². The van der Waals surface area contributed by atoms with Crippen LogP contribution in [-0.2, 0) is 17.4 Å². The van der Waals surface area contributed by atoms with Gasteiger partial charge in [0.05, 0.1) is 0 Å². The van der Waals surface area contributed by atoms with E-state index in [1.807, 2.05) is 6.33 Å². The van der Waals surface area contributed by atoms with Crippen LogP contribution in [0.15, 0.2) is 36.7 Å². The summed E-state index contributed by atoms with van der Waals surface area (Å²) in [5, 5.41) is 0. The Hall–Kier alpha value is -1.96. The fourth-order valence-electron chi connectivity index (χ4n) is 4.10. The van der Waals surface area contributed by atoms with Gasteiger partial charge in [0.15, 0.2) is 5.69 Å². The first-order valence-corrected chi connectivity index (χ1v) is 9.28. The van der Waals surface area contributed by atoms with Crippen molar-refractivity contribution in [1.29, 1.82) is 0 Å². The molecule has 0 aliphatic carbocycles. The molecular weight excluding hydrogens is 304 g/mol. The molecule has 0 bridgehead atoms. The van der Waals surface area contributed by atoms with E-state index in [2.05, 4.69) is 77.8 Å². The van der Waals surface area contributed by atoms with Gasteiger partial charge in [0, 0.05) is 22.5 Å². The van der Waals surface area contributed by atoms with E-state index in [0.29, 0.717) is 0 Å². The Morgan fingerprint density at radius 1 is 1.20 bits per heavy atom. The Labute approximate surface area is 152 Å². The number of nitrogens with zero attached hydrogens (tertiary/aromatic N) is 2. The molecule has 0 saturated carbocycles. The fraction of sp³-hybridized carbons (Fsp3) is 0.478. The van der Waals surface area contributed by atoms with E-state index >= 15 is 0 Å². The summed E-state index contributed by atoms with van der Waals surface area (Å²) in [6.45, 7) is 21.0. The molecule has 0 N–H and O–H groups in total. The second kappa shape index (κ2) is 5.79. The summed E-state index contributed by atoms with van der Waals surface area (Å²) in [6, 6.07) is 6.93. The van der Waals surface area contributed by atoms with Gasteiger partial charge in [0.2, 0.25) is 0 Å². The summed E-state index contributed by atoms with van der Waals surface area (Å²) in [7, 11) is 0. The summed E-state index contributed by atoms with van der Waals surface area (Å²) < 4.78 is 2.27. The standard InChI is InChI=1S/C23H31N2/c1-9-23(8)17(4)13-25-14-24-20(22(5,6)7)12-19(25)18-11-15(2)10-16(3)21(18)23/h10-12,14H,4,9,13H2,1-3,5-8H3/q+1. The zero-order valence-electron chi connectivity index (χ0n) is 16.8. The normalized spacial score (nSPS) is 20.0. The number of allylic oxidation sites excluding steroid dienone is 1. The van der Waals surface area contributed by atoms with Crippen LogP contribution in [0.4, 0.5) is 0 Å². The number of hydrogen-bond donors (Lipinski definition) is 0. The van der Waals surface area contributed by atoms with Crippen molar-refractivity contribution in [3.63, 3.8) is 0 Å². The van der Waals surface area contributed by atoms with E-state index in [1.54, 1.807) is 0 Å². The number of aryl methyl sites for hydroxylation is 2. The highest BCUT2D eigenvalue weighted by atomic mass is 15.0. The van der Waals surface area contributed by atoms with Gasteiger partial charge in [0.25, 0.3) is 6.33 Å². The van der Waals surface area contributed by atoms with Crippen LogP contribution in [0.5, 0.6) is 0 Å². The van der Waals surface area contributed by atoms with E-state index in [0.717, 1.165) is 18.7 Å². The minimum Gasteiger partial charge on any atom is -0.226 e. The van der Waals surface area contributed by atoms with Crippen LogP contribution in [0.1, 0.15) is 63.4 Å². The molecule has 2 heteroatoms. The average Bonchev–Trinajstić information content (AvgIpc) is 2.60. The van der Waals surface area contributed by atoms with Gasteiger partial charge in [-0.05, 0) is 43.0 Å². The van der Waals surface area contributed by atoms with E-state index in [-0.39, 0.29) is 10.8 Å². The maximum Gasteiger partial charge on any atom is 0.287 e.